The van der Waals surface area contributed by atoms with Crippen LogP contribution < -0.4 is 16.2 Å². The highest BCUT2D eigenvalue weighted by Crippen LogP contribution is 2.17. The Balaban J connectivity index is 1.63. The SMILES string of the molecule is Cc1nnsc1CNC(=O)C1CNNC1n1cnnn1. The number of carbonyl (C=O) groups is 1. The van der Waals surface area contributed by atoms with Crippen molar-refractivity contribution in [3.05, 3.63) is 16.9 Å². The molecule has 1 aliphatic heterocycles. The third kappa shape index (κ3) is 2.50. The Bertz CT molecular complexity index is 582. The molecule has 3 N–H and O–H groups in total. The Morgan fingerprint density at radius 2 is 2.55 bits per heavy atom. The van der Waals surface area contributed by atoms with Gasteiger partial charge in [0.1, 0.15) is 12.5 Å². The van der Waals surface area contributed by atoms with Gasteiger partial charge in [0, 0.05) is 6.54 Å². The van der Waals surface area contributed by atoms with Crippen molar-refractivity contribution in [1.29, 1.82) is 0 Å². The van der Waals surface area contributed by atoms with E-state index in [1.54, 1.807) is 0 Å². The molecule has 2 unspecified atom stereocenters. The van der Waals surface area contributed by atoms with E-state index in [2.05, 4.69) is 41.3 Å². The molecule has 1 saturated heterocycles. The van der Waals surface area contributed by atoms with Gasteiger partial charge in [0.2, 0.25) is 5.91 Å². The molecule has 2 aromatic rings. The van der Waals surface area contributed by atoms with Crippen LogP contribution >= 0.6 is 11.5 Å². The summed E-state index contributed by atoms with van der Waals surface area (Å²) >= 11 is 1.29. The molecule has 0 spiro atoms. The van der Waals surface area contributed by atoms with E-state index in [1.807, 2.05) is 6.92 Å². The van der Waals surface area contributed by atoms with Crippen LogP contribution in [0.3, 0.4) is 0 Å². The van der Waals surface area contributed by atoms with Gasteiger partial charge in [0.05, 0.1) is 23.0 Å². The van der Waals surface area contributed by atoms with Gasteiger partial charge in [0.15, 0.2) is 0 Å². The molecule has 1 fully saturated rings. The number of hydrogen-bond donors (Lipinski definition) is 3. The van der Waals surface area contributed by atoms with Gasteiger partial charge >= 0.3 is 0 Å². The molecule has 106 valence electrons. The summed E-state index contributed by atoms with van der Waals surface area (Å²) in [4.78, 5) is 13.2. The van der Waals surface area contributed by atoms with E-state index < -0.39 is 0 Å². The zero-order valence-electron chi connectivity index (χ0n) is 10.6. The highest BCUT2D eigenvalue weighted by molar-refractivity contribution is 7.05. The predicted molar refractivity (Wildman–Crippen MR) is 68.0 cm³/mol. The van der Waals surface area contributed by atoms with E-state index in [0.29, 0.717) is 13.1 Å². The van der Waals surface area contributed by atoms with Gasteiger partial charge in [-0.3, -0.25) is 10.2 Å². The van der Waals surface area contributed by atoms with E-state index in [-0.39, 0.29) is 18.0 Å². The number of aromatic nitrogens is 6. The number of tetrazole rings is 1. The summed E-state index contributed by atoms with van der Waals surface area (Å²) in [6, 6.07) is 0. The van der Waals surface area contributed by atoms with Gasteiger partial charge in [0.25, 0.3) is 0 Å². The largest absolute Gasteiger partial charge is 0.351 e. The van der Waals surface area contributed by atoms with Crippen molar-refractivity contribution >= 4 is 17.4 Å². The maximum absolute atomic E-state index is 12.2. The minimum Gasteiger partial charge on any atom is -0.351 e. The number of rotatable bonds is 4. The molecule has 3 heterocycles. The van der Waals surface area contributed by atoms with E-state index in [4.69, 9.17) is 0 Å². The summed E-state index contributed by atoms with van der Waals surface area (Å²) in [5, 5.41) is 17.8. The summed E-state index contributed by atoms with van der Waals surface area (Å²) in [5.41, 5.74) is 6.77. The van der Waals surface area contributed by atoms with E-state index in [1.165, 1.54) is 22.5 Å². The van der Waals surface area contributed by atoms with Gasteiger partial charge < -0.3 is 5.32 Å². The van der Waals surface area contributed by atoms with Crippen LogP contribution in [-0.4, -0.2) is 42.2 Å². The van der Waals surface area contributed by atoms with Crippen molar-refractivity contribution in [1.82, 2.24) is 46.0 Å². The zero-order valence-corrected chi connectivity index (χ0v) is 11.5. The first-order valence-corrected chi connectivity index (χ1v) is 6.79. The monoisotopic (exact) mass is 295 g/mol. The first-order valence-electron chi connectivity index (χ1n) is 6.02. The normalized spacial score (nSPS) is 22.1. The van der Waals surface area contributed by atoms with Crippen LogP contribution in [0, 0.1) is 12.8 Å². The van der Waals surface area contributed by atoms with Crippen LogP contribution in [0.2, 0.25) is 0 Å². The van der Waals surface area contributed by atoms with Gasteiger partial charge in [-0.1, -0.05) is 4.49 Å². The second-order valence-corrected chi connectivity index (χ2v) is 5.20. The van der Waals surface area contributed by atoms with Gasteiger partial charge in [-0.25, -0.2) is 10.1 Å². The van der Waals surface area contributed by atoms with Crippen molar-refractivity contribution in [2.75, 3.05) is 6.54 Å². The number of aryl methyl sites for hydroxylation is 1. The summed E-state index contributed by atoms with van der Waals surface area (Å²) in [7, 11) is 0. The van der Waals surface area contributed by atoms with Crippen LogP contribution in [0.4, 0.5) is 0 Å². The molecule has 10 nitrogen and oxygen atoms in total. The minimum atomic E-state index is -0.300. The number of hydrazine groups is 1. The van der Waals surface area contributed by atoms with Crippen molar-refractivity contribution in [2.24, 2.45) is 5.92 Å². The van der Waals surface area contributed by atoms with Crippen LogP contribution in [0.5, 0.6) is 0 Å². The van der Waals surface area contributed by atoms with Gasteiger partial charge in [-0.05, 0) is 28.9 Å². The molecular formula is C9H13N9OS. The molecule has 0 aromatic carbocycles. The Labute approximate surface area is 118 Å². The maximum Gasteiger partial charge on any atom is 0.228 e. The Kier molecular flexibility index (Phi) is 3.62. The Morgan fingerprint density at radius 3 is 3.25 bits per heavy atom. The molecule has 2 aromatic heterocycles. The van der Waals surface area contributed by atoms with Crippen LogP contribution in [-0.2, 0) is 11.3 Å². The van der Waals surface area contributed by atoms with E-state index >= 15 is 0 Å². The standard InChI is InChI=1S/C9H13N9OS/c1-5-7(20-17-13-5)3-10-9(19)6-2-11-14-8(6)18-4-12-15-16-18/h4,6,8,11,14H,2-3H2,1H3,(H,10,19). The lowest BCUT2D eigenvalue weighted by Crippen LogP contribution is -2.37. The Morgan fingerprint density at radius 1 is 1.65 bits per heavy atom. The van der Waals surface area contributed by atoms with Crippen molar-refractivity contribution < 1.29 is 4.79 Å². The van der Waals surface area contributed by atoms with Crippen LogP contribution in [0.15, 0.2) is 6.33 Å². The number of carbonyl (C=O) groups excluding carboxylic acids is 1. The van der Waals surface area contributed by atoms with Crippen molar-refractivity contribution in [3.63, 3.8) is 0 Å². The highest BCUT2D eigenvalue weighted by Gasteiger charge is 2.34. The molecule has 20 heavy (non-hydrogen) atoms. The second-order valence-electron chi connectivity index (χ2n) is 4.37. The van der Waals surface area contributed by atoms with Gasteiger partial charge in [-0.15, -0.1) is 10.2 Å². The summed E-state index contributed by atoms with van der Waals surface area (Å²) in [6.45, 7) is 2.81. The average Bonchev–Trinajstić information content (AvgIpc) is 3.17. The lowest BCUT2D eigenvalue weighted by Gasteiger charge is -2.16. The fourth-order valence-electron chi connectivity index (χ4n) is 1.98. The van der Waals surface area contributed by atoms with Crippen molar-refractivity contribution in [2.45, 2.75) is 19.6 Å². The third-order valence-corrected chi connectivity index (χ3v) is 3.93. The molecule has 1 amide bonds. The van der Waals surface area contributed by atoms with Crippen LogP contribution in [0.1, 0.15) is 16.7 Å². The molecule has 2 atom stereocenters. The molecule has 1 aliphatic rings. The van der Waals surface area contributed by atoms with E-state index in [9.17, 15) is 4.79 Å². The molecule has 11 heteroatoms. The Hall–Kier alpha value is -1.98. The summed E-state index contributed by atoms with van der Waals surface area (Å²) in [5.74, 6) is -0.365. The zero-order chi connectivity index (χ0) is 13.9. The summed E-state index contributed by atoms with van der Waals surface area (Å²) in [6.07, 6.45) is 1.17. The summed E-state index contributed by atoms with van der Waals surface area (Å²) < 4.78 is 5.36. The quantitative estimate of drug-likeness (QED) is 0.614. The number of nitrogens with one attached hydrogen (secondary N) is 3. The predicted octanol–water partition coefficient (Wildman–Crippen LogP) is -1.63. The molecule has 0 radical (unpaired) electrons. The second kappa shape index (κ2) is 5.56. The first kappa shape index (κ1) is 13.0. The molecule has 3 rings (SSSR count). The minimum absolute atomic E-state index is 0.0733. The maximum atomic E-state index is 12.2. The molecular weight excluding hydrogens is 282 g/mol. The molecule has 0 bridgehead atoms. The lowest BCUT2D eigenvalue weighted by atomic mass is 10.1. The fraction of sp³-hybridized carbons (Fsp3) is 0.556. The third-order valence-electron chi connectivity index (χ3n) is 3.11. The smallest absolute Gasteiger partial charge is 0.228 e. The lowest BCUT2D eigenvalue weighted by molar-refractivity contribution is -0.125. The van der Waals surface area contributed by atoms with Gasteiger partial charge in [-0.2, -0.15) is 0 Å². The van der Waals surface area contributed by atoms with Crippen molar-refractivity contribution in [3.8, 4) is 0 Å². The highest BCUT2D eigenvalue weighted by atomic mass is 32.1. The van der Waals surface area contributed by atoms with E-state index in [0.717, 1.165) is 10.6 Å². The number of nitrogens with zero attached hydrogens (tertiary/aromatic N) is 6. The average molecular weight is 295 g/mol. The molecule has 0 saturated carbocycles. The fourth-order valence-corrected chi connectivity index (χ4v) is 2.55. The number of hydrogen-bond acceptors (Lipinski definition) is 9. The number of amides is 1. The molecule has 0 aliphatic carbocycles. The van der Waals surface area contributed by atoms with Crippen LogP contribution in [0.25, 0.3) is 0 Å². The first-order chi connectivity index (χ1) is 9.75. The topological polar surface area (TPSA) is 123 Å².